The Morgan fingerprint density at radius 3 is 1.81 bits per heavy atom. The van der Waals surface area contributed by atoms with Crippen molar-refractivity contribution in [2.75, 3.05) is 10.6 Å². The van der Waals surface area contributed by atoms with E-state index in [2.05, 4.69) is 10.6 Å². The van der Waals surface area contributed by atoms with Gasteiger partial charge in [0, 0.05) is 21.7 Å². The molecule has 0 bridgehead atoms. The molecule has 0 spiro atoms. The molecule has 0 fully saturated rings. The monoisotopic (exact) mass is 848 g/mol. The van der Waals surface area contributed by atoms with E-state index in [4.69, 9.17) is 49.5 Å². The summed E-state index contributed by atoms with van der Waals surface area (Å²) in [5.41, 5.74) is 2.89. The fourth-order valence-electron chi connectivity index (χ4n) is 6.20. The molecule has 0 unspecified atom stereocenters. The first-order valence-corrected chi connectivity index (χ1v) is 19.5. The van der Waals surface area contributed by atoms with E-state index in [1.54, 1.807) is 119 Å². The standard InChI is InChI=1S/C46H39Cl3N4O6/c1-26-15-19-37(52-43(57)45(2,3)32-13-8-14-34(47)23-32)50-39(26)27-9-7-12-30(22-27)42(56)59-25-31-16-20-38(51-40(31)28-10-6-11-29(21-28)41(54)55)53-44(58)46(4,5)33-17-18-35(48)36(49)24-33/h6-24H,25H2,1-5H3,(H,54,55)(H,50,52,57)(H,51,53,58). The molecule has 0 saturated heterocycles. The minimum Gasteiger partial charge on any atom is -0.478 e. The molecular formula is C46H39Cl3N4O6. The predicted molar refractivity (Wildman–Crippen MR) is 231 cm³/mol. The zero-order chi connectivity index (χ0) is 42.6. The molecule has 59 heavy (non-hydrogen) atoms. The van der Waals surface area contributed by atoms with Crippen LogP contribution in [0, 0.1) is 6.92 Å². The second-order valence-corrected chi connectivity index (χ2v) is 16.2. The minimum absolute atomic E-state index is 0.0246. The lowest BCUT2D eigenvalue weighted by molar-refractivity contribution is -0.121. The number of nitrogens with zero attached hydrogens (tertiary/aromatic N) is 2. The number of carboxylic acid groups (broad SMARTS) is 1. The molecule has 0 radical (unpaired) electrons. The third kappa shape index (κ3) is 9.63. The maximum absolute atomic E-state index is 13.6. The number of halogens is 3. The van der Waals surface area contributed by atoms with Crippen LogP contribution >= 0.6 is 34.8 Å². The number of esters is 1. The van der Waals surface area contributed by atoms with Crippen LogP contribution < -0.4 is 10.6 Å². The summed E-state index contributed by atoms with van der Waals surface area (Å²) in [6.45, 7) is 8.73. The van der Waals surface area contributed by atoms with Crippen LogP contribution in [0.3, 0.4) is 0 Å². The molecule has 6 rings (SSSR count). The first-order chi connectivity index (χ1) is 27.9. The van der Waals surface area contributed by atoms with Crippen LogP contribution in [-0.2, 0) is 31.8 Å². The van der Waals surface area contributed by atoms with Gasteiger partial charge in [0.2, 0.25) is 11.8 Å². The quantitative estimate of drug-likeness (QED) is 0.103. The molecule has 2 amide bonds. The van der Waals surface area contributed by atoms with Gasteiger partial charge in [0.1, 0.15) is 18.2 Å². The van der Waals surface area contributed by atoms with E-state index in [1.807, 2.05) is 19.1 Å². The van der Waals surface area contributed by atoms with Crippen molar-refractivity contribution >= 4 is 70.2 Å². The predicted octanol–water partition coefficient (Wildman–Crippen LogP) is 11.0. The average Bonchev–Trinajstić information content (AvgIpc) is 3.21. The van der Waals surface area contributed by atoms with Crippen LogP contribution in [0.2, 0.25) is 15.1 Å². The van der Waals surface area contributed by atoms with E-state index in [1.165, 1.54) is 12.1 Å². The normalized spacial score (nSPS) is 11.5. The number of anilines is 2. The van der Waals surface area contributed by atoms with Crippen LogP contribution in [0.5, 0.6) is 0 Å². The minimum atomic E-state index is -1.13. The molecule has 0 aliphatic rings. The third-order valence-corrected chi connectivity index (χ3v) is 11.0. The average molecular weight is 850 g/mol. The Balaban J connectivity index is 1.23. The van der Waals surface area contributed by atoms with E-state index in [0.29, 0.717) is 54.5 Å². The van der Waals surface area contributed by atoms with Crippen LogP contribution in [-0.4, -0.2) is 38.8 Å². The molecule has 0 atom stereocenters. The molecule has 2 aromatic heterocycles. The summed E-state index contributed by atoms with van der Waals surface area (Å²) in [6, 6.07) is 31.9. The van der Waals surface area contributed by atoms with Crippen LogP contribution in [0.25, 0.3) is 22.5 Å². The van der Waals surface area contributed by atoms with Gasteiger partial charge in [0.15, 0.2) is 0 Å². The molecule has 3 N–H and O–H groups in total. The lowest BCUT2D eigenvalue weighted by atomic mass is 9.83. The van der Waals surface area contributed by atoms with Crippen LogP contribution in [0.1, 0.15) is 70.7 Å². The van der Waals surface area contributed by atoms with Crippen molar-refractivity contribution in [3.8, 4) is 22.5 Å². The van der Waals surface area contributed by atoms with Gasteiger partial charge >= 0.3 is 11.9 Å². The summed E-state index contributed by atoms with van der Waals surface area (Å²) in [4.78, 5) is 61.9. The van der Waals surface area contributed by atoms with E-state index in [-0.39, 0.29) is 35.4 Å². The summed E-state index contributed by atoms with van der Waals surface area (Å²) in [5, 5.41) is 16.7. The highest BCUT2D eigenvalue weighted by atomic mass is 35.5. The first-order valence-electron chi connectivity index (χ1n) is 18.4. The van der Waals surface area contributed by atoms with Gasteiger partial charge in [0.05, 0.1) is 43.4 Å². The third-order valence-electron chi connectivity index (χ3n) is 10.00. The SMILES string of the molecule is Cc1ccc(NC(=O)C(C)(C)c2cccc(Cl)c2)nc1-c1cccc(C(=O)OCc2ccc(NC(=O)C(C)(C)c3ccc(Cl)c(Cl)c3)nc2-c2cccc(C(=O)O)c2)c1. The lowest BCUT2D eigenvalue weighted by Crippen LogP contribution is -2.35. The molecule has 2 heterocycles. The second kappa shape index (κ2) is 17.4. The number of nitrogens with one attached hydrogen (secondary N) is 2. The fourth-order valence-corrected chi connectivity index (χ4v) is 6.69. The number of carbonyl (C=O) groups excluding carboxylic acids is 3. The Labute approximate surface area is 356 Å². The molecule has 0 aliphatic carbocycles. The second-order valence-electron chi connectivity index (χ2n) is 14.9. The number of ether oxygens (including phenoxy) is 1. The summed E-state index contributed by atoms with van der Waals surface area (Å²) in [6.07, 6.45) is 0. The van der Waals surface area contributed by atoms with E-state index in [9.17, 15) is 24.3 Å². The Hall–Kier alpha value is -6.07. The van der Waals surface area contributed by atoms with Gasteiger partial charge in [-0.25, -0.2) is 19.6 Å². The van der Waals surface area contributed by atoms with Crippen molar-refractivity contribution in [3.05, 3.63) is 164 Å². The van der Waals surface area contributed by atoms with Gasteiger partial charge in [-0.05, 0) is 118 Å². The number of pyridine rings is 2. The van der Waals surface area contributed by atoms with E-state index >= 15 is 0 Å². The summed E-state index contributed by atoms with van der Waals surface area (Å²) in [5.74, 6) is -1.90. The van der Waals surface area contributed by atoms with Crippen molar-refractivity contribution in [2.24, 2.45) is 0 Å². The van der Waals surface area contributed by atoms with Gasteiger partial charge in [0.25, 0.3) is 0 Å². The molecule has 0 aliphatic heterocycles. The van der Waals surface area contributed by atoms with Crippen molar-refractivity contribution in [1.29, 1.82) is 0 Å². The van der Waals surface area contributed by atoms with Gasteiger partial charge in [-0.1, -0.05) is 83.3 Å². The van der Waals surface area contributed by atoms with Crippen molar-refractivity contribution in [3.63, 3.8) is 0 Å². The number of benzene rings is 4. The summed E-state index contributed by atoms with van der Waals surface area (Å²) >= 11 is 18.5. The molecule has 10 nitrogen and oxygen atoms in total. The number of aromatic carboxylic acids is 1. The Kier molecular flexibility index (Phi) is 12.6. The number of aryl methyl sites for hydroxylation is 1. The number of carboxylic acids is 1. The number of carbonyl (C=O) groups is 4. The highest BCUT2D eigenvalue weighted by Gasteiger charge is 2.32. The number of amides is 2. The van der Waals surface area contributed by atoms with Gasteiger partial charge in [-0.2, -0.15) is 0 Å². The Bertz CT molecular complexity index is 2630. The number of hydrogen-bond donors (Lipinski definition) is 3. The molecule has 4 aromatic carbocycles. The van der Waals surface area contributed by atoms with Crippen molar-refractivity contribution in [1.82, 2.24) is 9.97 Å². The Morgan fingerprint density at radius 2 is 1.19 bits per heavy atom. The zero-order valence-electron chi connectivity index (χ0n) is 32.7. The maximum atomic E-state index is 13.6. The topological polar surface area (TPSA) is 148 Å². The largest absolute Gasteiger partial charge is 0.478 e. The van der Waals surface area contributed by atoms with Crippen LogP contribution in [0.15, 0.2) is 115 Å². The lowest BCUT2D eigenvalue weighted by Gasteiger charge is -2.24. The van der Waals surface area contributed by atoms with E-state index < -0.39 is 22.8 Å². The molecular weight excluding hydrogens is 811 g/mol. The van der Waals surface area contributed by atoms with Gasteiger partial charge < -0.3 is 20.5 Å². The Morgan fingerprint density at radius 1 is 0.627 bits per heavy atom. The number of rotatable bonds is 12. The smallest absolute Gasteiger partial charge is 0.338 e. The van der Waals surface area contributed by atoms with Crippen molar-refractivity contribution < 1.29 is 29.0 Å². The zero-order valence-corrected chi connectivity index (χ0v) is 35.0. The number of hydrogen-bond acceptors (Lipinski definition) is 7. The van der Waals surface area contributed by atoms with Crippen molar-refractivity contribution in [2.45, 2.75) is 52.1 Å². The fraction of sp³-hybridized carbons (Fsp3) is 0.174. The molecule has 13 heteroatoms. The van der Waals surface area contributed by atoms with Crippen LogP contribution in [0.4, 0.5) is 11.6 Å². The summed E-state index contributed by atoms with van der Waals surface area (Å²) in [7, 11) is 0. The summed E-state index contributed by atoms with van der Waals surface area (Å²) < 4.78 is 5.80. The highest BCUT2D eigenvalue weighted by molar-refractivity contribution is 6.42. The number of aromatic nitrogens is 2. The molecule has 6 aromatic rings. The molecule has 0 saturated carbocycles. The van der Waals surface area contributed by atoms with Gasteiger partial charge in [-0.15, -0.1) is 0 Å². The molecule has 300 valence electrons. The highest BCUT2D eigenvalue weighted by Crippen LogP contribution is 2.33. The first kappa shape index (κ1) is 42.5. The van der Waals surface area contributed by atoms with E-state index in [0.717, 1.165) is 11.1 Å². The van der Waals surface area contributed by atoms with Gasteiger partial charge in [-0.3, -0.25) is 9.59 Å². The maximum Gasteiger partial charge on any atom is 0.338 e.